The molecule has 1 N–H and O–H groups in total. The first kappa shape index (κ1) is 11.0. The molecule has 13 heavy (non-hydrogen) atoms. The van der Waals surface area contributed by atoms with E-state index in [1.165, 1.54) is 0 Å². The lowest BCUT2D eigenvalue weighted by atomic mass is 10.1. The highest BCUT2D eigenvalue weighted by Crippen LogP contribution is 2.18. The monoisotopic (exact) mass is 187 g/mol. The number of aliphatic hydroxyl groups is 1. The molecular formula is C10H21NO2. The molecular weight excluding hydrogens is 166 g/mol. The number of likely N-dealkylation sites (N-methyl/N-ethyl adjacent to an activating group) is 1. The highest BCUT2D eigenvalue weighted by molar-refractivity contribution is 4.83. The quantitative estimate of drug-likeness (QED) is 0.696. The minimum Gasteiger partial charge on any atom is -0.392 e. The Hall–Kier alpha value is -0.120. The average Bonchev–Trinajstić information content (AvgIpc) is 2.24. The fraction of sp³-hybridized carbons (Fsp3) is 1.00. The van der Waals surface area contributed by atoms with Crippen LogP contribution in [0.3, 0.4) is 0 Å². The van der Waals surface area contributed by atoms with Gasteiger partial charge in [-0.3, -0.25) is 4.90 Å². The second kappa shape index (κ2) is 3.95. The van der Waals surface area contributed by atoms with Crippen LogP contribution in [0.1, 0.15) is 27.2 Å². The molecule has 0 amide bonds. The van der Waals surface area contributed by atoms with E-state index in [-0.39, 0.29) is 11.7 Å². The number of likely N-dealkylation sites (tertiary alicyclic amines) is 1. The summed E-state index contributed by atoms with van der Waals surface area (Å²) >= 11 is 0. The lowest BCUT2D eigenvalue weighted by Gasteiger charge is -2.25. The smallest absolute Gasteiger partial charge is 0.0682 e. The van der Waals surface area contributed by atoms with Gasteiger partial charge in [0.1, 0.15) is 0 Å². The molecule has 0 radical (unpaired) electrons. The van der Waals surface area contributed by atoms with Gasteiger partial charge in [0.2, 0.25) is 0 Å². The Morgan fingerprint density at radius 2 is 2.08 bits per heavy atom. The first-order valence-corrected chi connectivity index (χ1v) is 4.91. The van der Waals surface area contributed by atoms with Gasteiger partial charge < -0.3 is 9.84 Å². The molecule has 1 aliphatic heterocycles. The molecule has 0 aromatic heterocycles. The van der Waals surface area contributed by atoms with Crippen LogP contribution in [-0.2, 0) is 4.74 Å². The van der Waals surface area contributed by atoms with Crippen LogP contribution >= 0.6 is 0 Å². The molecule has 78 valence electrons. The SMILES string of the molecule is CN1C[C@@H](O)C[C@H]1COC(C)(C)C. The summed E-state index contributed by atoms with van der Waals surface area (Å²) in [5, 5.41) is 9.40. The van der Waals surface area contributed by atoms with Crippen molar-refractivity contribution in [2.24, 2.45) is 0 Å². The molecule has 1 aliphatic rings. The predicted octanol–water partition coefficient (Wildman–Crippen LogP) is 0.866. The van der Waals surface area contributed by atoms with Crippen molar-refractivity contribution in [3.63, 3.8) is 0 Å². The minimum absolute atomic E-state index is 0.0750. The summed E-state index contributed by atoms with van der Waals surface area (Å²) in [6, 6.07) is 0.384. The van der Waals surface area contributed by atoms with Gasteiger partial charge in [0.25, 0.3) is 0 Å². The summed E-state index contributed by atoms with van der Waals surface area (Å²) in [5.74, 6) is 0. The van der Waals surface area contributed by atoms with Crippen LogP contribution in [0.4, 0.5) is 0 Å². The molecule has 3 heteroatoms. The summed E-state index contributed by atoms with van der Waals surface area (Å²) in [6.07, 6.45) is 0.672. The maximum Gasteiger partial charge on any atom is 0.0682 e. The molecule has 0 spiro atoms. The second-order valence-electron chi connectivity index (χ2n) is 4.91. The fourth-order valence-corrected chi connectivity index (χ4v) is 1.59. The first-order valence-electron chi connectivity index (χ1n) is 4.91. The Morgan fingerprint density at radius 3 is 2.46 bits per heavy atom. The third-order valence-corrected chi connectivity index (χ3v) is 2.37. The highest BCUT2D eigenvalue weighted by atomic mass is 16.5. The van der Waals surface area contributed by atoms with Gasteiger partial charge in [0, 0.05) is 12.6 Å². The van der Waals surface area contributed by atoms with Crippen molar-refractivity contribution in [2.75, 3.05) is 20.2 Å². The van der Waals surface area contributed by atoms with E-state index >= 15 is 0 Å². The van der Waals surface area contributed by atoms with E-state index in [0.29, 0.717) is 6.04 Å². The third-order valence-electron chi connectivity index (χ3n) is 2.37. The Bertz CT molecular complexity index is 165. The van der Waals surface area contributed by atoms with Crippen molar-refractivity contribution in [3.8, 4) is 0 Å². The molecule has 0 unspecified atom stereocenters. The molecule has 3 nitrogen and oxygen atoms in total. The molecule has 0 aliphatic carbocycles. The van der Waals surface area contributed by atoms with Crippen LogP contribution in [0.15, 0.2) is 0 Å². The summed E-state index contributed by atoms with van der Waals surface area (Å²) in [7, 11) is 2.03. The topological polar surface area (TPSA) is 32.7 Å². The summed E-state index contributed by atoms with van der Waals surface area (Å²) in [5.41, 5.74) is -0.0750. The maximum atomic E-state index is 9.40. The number of aliphatic hydroxyl groups excluding tert-OH is 1. The van der Waals surface area contributed by atoms with Crippen molar-refractivity contribution < 1.29 is 9.84 Å². The second-order valence-corrected chi connectivity index (χ2v) is 4.91. The number of rotatable bonds is 2. The Labute approximate surface area is 80.7 Å². The number of ether oxygens (including phenoxy) is 1. The standard InChI is InChI=1S/C10H21NO2/c1-10(2,3)13-7-8-5-9(12)6-11(8)4/h8-9,12H,5-7H2,1-4H3/t8-,9-/m0/s1. The van der Waals surface area contributed by atoms with Crippen LogP contribution in [-0.4, -0.2) is 48.0 Å². The summed E-state index contributed by atoms with van der Waals surface area (Å²) in [4.78, 5) is 2.16. The molecule has 0 bridgehead atoms. The average molecular weight is 187 g/mol. The Morgan fingerprint density at radius 1 is 1.46 bits per heavy atom. The van der Waals surface area contributed by atoms with Crippen LogP contribution in [0, 0.1) is 0 Å². The van der Waals surface area contributed by atoms with Crippen LogP contribution < -0.4 is 0 Å². The Balaban J connectivity index is 2.30. The highest BCUT2D eigenvalue weighted by Gasteiger charge is 2.29. The molecule has 1 fully saturated rings. The van der Waals surface area contributed by atoms with Gasteiger partial charge >= 0.3 is 0 Å². The lowest BCUT2D eigenvalue weighted by molar-refractivity contribution is -0.0254. The van der Waals surface area contributed by atoms with E-state index in [4.69, 9.17) is 4.74 Å². The van der Waals surface area contributed by atoms with Crippen molar-refractivity contribution >= 4 is 0 Å². The molecule has 2 atom stereocenters. The molecule has 1 rings (SSSR count). The van der Waals surface area contributed by atoms with Gasteiger partial charge in [-0.05, 0) is 34.2 Å². The summed E-state index contributed by atoms with van der Waals surface area (Å²) in [6.45, 7) is 7.66. The number of hydrogen-bond acceptors (Lipinski definition) is 3. The fourth-order valence-electron chi connectivity index (χ4n) is 1.59. The number of nitrogens with zero attached hydrogens (tertiary/aromatic N) is 1. The van der Waals surface area contributed by atoms with Crippen molar-refractivity contribution in [1.29, 1.82) is 0 Å². The van der Waals surface area contributed by atoms with Crippen molar-refractivity contribution in [1.82, 2.24) is 4.90 Å². The van der Waals surface area contributed by atoms with E-state index in [1.54, 1.807) is 0 Å². The normalized spacial score (nSPS) is 31.2. The van der Waals surface area contributed by atoms with Crippen molar-refractivity contribution in [3.05, 3.63) is 0 Å². The van der Waals surface area contributed by atoms with E-state index in [0.717, 1.165) is 19.6 Å². The predicted molar refractivity (Wildman–Crippen MR) is 52.7 cm³/mol. The zero-order valence-corrected chi connectivity index (χ0v) is 9.08. The van der Waals surface area contributed by atoms with Crippen LogP contribution in [0.5, 0.6) is 0 Å². The lowest BCUT2D eigenvalue weighted by Crippen LogP contribution is -2.33. The van der Waals surface area contributed by atoms with Gasteiger partial charge in [-0.15, -0.1) is 0 Å². The zero-order chi connectivity index (χ0) is 10.1. The third kappa shape index (κ3) is 3.63. The van der Waals surface area contributed by atoms with Gasteiger partial charge in [0.05, 0.1) is 18.3 Å². The Kier molecular flexibility index (Phi) is 3.33. The molecule has 1 saturated heterocycles. The van der Waals surface area contributed by atoms with Crippen LogP contribution in [0.25, 0.3) is 0 Å². The van der Waals surface area contributed by atoms with E-state index in [1.807, 2.05) is 7.05 Å². The molecule has 0 saturated carbocycles. The van der Waals surface area contributed by atoms with Gasteiger partial charge in [0.15, 0.2) is 0 Å². The number of β-amino-alcohol motifs (C(OH)–C–C–N with tert-alkyl or cyclic N) is 1. The van der Waals surface area contributed by atoms with E-state index in [9.17, 15) is 5.11 Å². The van der Waals surface area contributed by atoms with Gasteiger partial charge in [-0.2, -0.15) is 0 Å². The van der Waals surface area contributed by atoms with Crippen molar-refractivity contribution in [2.45, 2.75) is 44.9 Å². The van der Waals surface area contributed by atoms with Gasteiger partial charge in [-0.25, -0.2) is 0 Å². The van der Waals surface area contributed by atoms with E-state index < -0.39 is 0 Å². The van der Waals surface area contributed by atoms with E-state index in [2.05, 4.69) is 25.7 Å². The number of hydrogen-bond donors (Lipinski definition) is 1. The summed E-state index contributed by atoms with van der Waals surface area (Å²) < 4.78 is 5.68. The largest absolute Gasteiger partial charge is 0.392 e. The van der Waals surface area contributed by atoms with Crippen LogP contribution in [0.2, 0.25) is 0 Å². The minimum atomic E-state index is -0.168. The maximum absolute atomic E-state index is 9.40. The van der Waals surface area contributed by atoms with Gasteiger partial charge in [-0.1, -0.05) is 0 Å². The molecule has 0 aromatic carbocycles. The molecule has 0 aromatic rings. The zero-order valence-electron chi connectivity index (χ0n) is 9.08. The first-order chi connectivity index (χ1) is 5.88. The molecule has 1 heterocycles.